The zero-order valence-corrected chi connectivity index (χ0v) is 19.0. The Labute approximate surface area is 186 Å². The van der Waals surface area contributed by atoms with Gasteiger partial charge >= 0.3 is 0 Å². The van der Waals surface area contributed by atoms with Crippen molar-refractivity contribution in [1.29, 1.82) is 0 Å². The van der Waals surface area contributed by atoms with Crippen LogP contribution in [0.1, 0.15) is 27.9 Å². The fraction of sp³-hybridized carbons (Fsp3) is 0.240. The molecule has 158 valence electrons. The summed E-state index contributed by atoms with van der Waals surface area (Å²) >= 11 is 1.51. The van der Waals surface area contributed by atoms with Gasteiger partial charge in [-0.25, -0.2) is 4.98 Å². The van der Waals surface area contributed by atoms with Gasteiger partial charge in [0.15, 0.2) is 5.13 Å². The number of rotatable bonds is 6. The van der Waals surface area contributed by atoms with Crippen molar-refractivity contribution in [2.45, 2.75) is 33.7 Å². The van der Waals surface area contributed by atoms with Gasteiger partial charge in [0.05, 0.1) is 30.5 Å². The normalized spacial score (nSPS) is 11.0. The van der Waals surface area contributed by atoms with Gasteiger partial charge in [0.2, 0.25) is 5.91 Å². The van der Waals surface area contributed by atoms with Gasteiger partial charge in [-0.3, -0.25) is 14.7 Å². The maximum Gasteiger partial charge on any atom is 0.233 e. The Kier molecular flexibility index (Phi) is 6.00. The van der Waals surface area contributed by atoms with Crippen LogP contribution in [-0.2, 0) is 17.8 Å². The van der Waals surface area contributed by atoms with E-state index in [4.69, 9.17) is 9.72 Å². The van der Waals surface area contributed by atoms with E-state index in [0.29, 0.717) is 23.8 Å². The molecule has 0 aliphatic carbocycles. The topological polar surface area (TPSA) is 55.3 Å². The summed E-state index contributed by atoms with van der Waals surface area (Å²) in [6.07, 6.45) is 2.05. The third-order valence-corrected chi connectivity index (χ3v) is 6.54. The lowest BCUT2D eigenvalue weighted by Crippen LogP contribution is -2.32. The summed E-state index contributed by atoms with van der Waals surface area (Å²) in [7, 11) is 1.64. The average Bonchev–Trinajstić information content (AvgIpc) is 3.21. The van der Waals surface area contributed by atoms with E-state index in [-0.39, 0.29) is 5.91 Å². The van der Waals surface area contributed by atoms with E-state index in [1.807, 2.05) is 56.3 Å². The van der Waals surface area contributed by atoms with Crippen molar-refractivity contribution in [3.05, 3.63) is 82.7 Å². The molecule has 31 heavy (non-hydrogen) atoms. The Hall–Kier alpha value is -3.25. The second kappa shape index (κ2) is 8.86. The smallest absolute Gasteiger partial charge is 0.233 e. The molecular weight excluding hydrogens is 406 g/mol. The lowest BCUT2D eigenvalue weighted by atomic mass is 10.0. The summed E-state index contributed by atoms with van der Waals surface area (Å²) in [4.78, 5) is 24.5. The largest absolute Gasteiger partial charge is 0.494 e. The highest BCUT2D eigenvalue weighted by atomic mass is 32.1. The summed E-state index contributed by atoms with van der Waals surface area (Å²) in [5.41, 5.74) is 6.05. The second-order valence-electron chi connectivity index (χ2n) is 7.67. The van der Waals surface area contributed by atoms with Gasteiger partial charge in [-0.2, -0.15) is 0 Å². The summed E-state index contributed by atoms with van der Waals surface area (Å²) < 4.78 is 6.53. The number of hydrogen-bond donors (Lipinski definition) is 0. The molecule has 0 N–H and O–H groups in total. The summed E-state index contributed by atoms with van der Waals surface area (Å²) in [6, 6.07) is 15.9. The highest BCUT2D eigenvalue weighted by Gasteiger charge is 2.23. The van der Waals surface area contributed by atoms with Crippen molar-refractivity contribution in [3.63, 3.8) is 0 Å². The number of ether oxygens (including phenoxy) is 1. The van der Waals surface area contributed by atoms with E-state index in [0.717, 1.165) is 32.6 Å². The molecule has 0 saturated carbocycles. The molecule has 0 bridgehead atoms. The van der Waals surface area contributed by atoms with E-state index < -0.39 is 0 Å². The Balaban J connectivity index is 1.74. The zero-order chi connectivity index (χ0) is 22.0. The number of fused-ring (bicyclic) bond motifs is 1. The number of hydrogen-bond acceptors (Lipinski definition) is 5. The number of aryl methyl sites for hydroxylation is 3. The Morgan fingerprint density at radius 3 is 2.61 bits per heavy atom. The number of nitrogens with zero attached hydrogens (tertiary/aromatic N) is 3. The van der Waals surface area contributed by atoms with Crippen LogP contribution in [0.5, 0.6) is 5.75 Å². The van der Waals surface area contributed by atoms with Crippen LogP contribution in [-0.4, -0.2) is 23.0 Å². The van der Waals surface area contributed by atoms with Crippen LogP contribution in [0.2, 0.25) is 0 Å². The van der Waals surface area contributed by atoms with Crippen molar-refractivity contribution < 1.29 is 9.53 Å². The molecule has 4 rings (SSSR count). The van der Waals surface area contributed by atoms with E-state index >= 15 is 0 Å². The minimum atomic E-state index is -0.00622. The van der Waals surface area contributed by atoms with Gasteiger partial charge in [0.25, 0.3) is 0 Å². The maximum atomic E-state index is 13.5. The standard InChI is InChI=1S/C25H25N3O2S/c1-16-8-10-19(18(3)13-16)14-22(29)28(15-20-7-5-6-12-26-20)25-27-23-21(30-4)11-9-17(2)24(23)31-25/h5-13H,14-15H2,1-4H3. The van der Waals surface area contributed by atoms with Crippen LogP contribution in [0, 0.1) is 20.8 Å². The first kappa shape index (κ1) is 21.0. The van der Waals surface area contributed by atoms with Crippen molar-refractivity contribution >= 4 is 32.6 Å². The van der Waals surface area contributed by atoms with E-state index in [9.17, 15) is 4.79 Å². The summed E-state index contributed by atoms with van der Waals surface area (Å²) in [5, 5.41) is 0.656. The van der Waals surface area contributed by atoms with Crippen molar-refractivity contribution in [3.8, 4) is 5.75 Å². The molecule has 2 heterocycles. The lowest BCUT2D eigenvalue weighted by molar-refractivity contribution is -0.118. The van der Waals surface area contributed by atoms with Crippen LogP contribution in [0.25, 0.3) is 10.2 Å². The van der Waals surface area contributed by atoms with E-state index in [1.165, 1.54) is 16.9 Å². The van der Waals surface area contributed by atoms with Crippen molar-refractivity contribution in [2.24, 2.45) is 0 Å². The van der Waals surface area contributed by atoms with Gasteiger partial charge in [-0.1, -0.05) is 47.2 Å². The Morgan fingerprint density at radius 1 is 1.06 bits per heavy atom. The maximum absolute atomic E-state index is 13.5. The molecule has 5 nitrogen and oxygen atoms in total. The number of methoxy groups -OCH3 is 1. The molecule has 0 aliphatic heterocycles. The molecule has 0 fully saturated rings. The molecule has 2 aromatic carbocycles. The number of carbonyl (C=O) groups excluding carboxylic acids is 1. The molecule has 0 spiro atoms. The first-order valence-corrected chi connectivity index (χ1v) is 11.0. The first-order chi connectivity index (χ1) is 15.0. The highest BCUT2D eigenvalue weighted by Crippen LogP contribution is 2.37. The van der Waals surface area contributed by atoms with Crippen LogP contribution in [0.3, 0.4) is 0 Å². The van der Waals surface area contributed by atoms with Gasteiger partial charge in [0, 0.05) is 6.20 Å². The fourth-order valence-electron chi connectivity index (χ4n) is 3.60. The van der Waals surface area contributed by atoms with Crippen LogP contribution in [0.15, 0.2) is 54.7 Å². The summed E-state index contributed by atoms with van der Waals surface area (Å²) in [5.74, 6) is 0.705. The van der Waals surface area contributed by atoms with Gasteiger partial charge in [0.1, 0.15) is 11.3 Å². The molecule has 0 saturated heterocycles. The number of pyridine rings is 1. The minimum Gasteiger partial charge on any atom is -0.494 e. The van der Waals surface area contributed by atoms with E-state index in [2.05, 4.69) is 18.0 Å². The van der Waals surface area contributed by atoms with E-state index in [1.54, 1.807) is 18.2 Å². The predicted octanol–water partition coefficient (Wildman–Crippen LogP) is 5.40. The van der Waals surface area contributed by atoms with Crippen molar-refractivity contribution in [2.75, 3.05) is 12.0 Å². The second-order valence-corrected chi connectivity index (χ2v) is 8.64. The first-order valence-electron chi connectivity index (χ1n) is 10.2. The molecule has 2 aromatic heterocycles. The van der Waals surface area contributed by atoms with Gasteiger partial charge in [-0.05, 0) is 55.7 Å². The monoisotopic (exact) mass is 431 g/mol. The van der Waals surface area contributed by atoms with Crippen LogP contribution >= 0.6 is 11.3 Å². The summed E-state index contributed by atoms with van der Waals surface area (Å²) in [6.45, 7) is 6.52. The third-order valence-electron chi connectivity index (χ3n) is 5.33. The molecule has 4 aromatic rings. The Bertz CT molecular complexity index is 1230. The van der Waals surface area contributed by atoms with Crippen LogP contribution in [0.4, 0.5) is 5.13 Å². The minimum absolute atomic E-state index is 0.00622. The number of benzene rings is 2. The van der Waals surface area contributed by atoms with Gasteiger partial charge in [-0.15, -0.1) is 0 Å². The predicted molar refractivity (Wildman–Crippen MR) is 126 cm³/mol. The lowest BCUT2D eigenvalue weighted by Gasteiger charge is -2.20. The molecule has 1 amide bonds. The Morgan fingerprint density at radius 2 is 1.90 bits per heavy atom. The fourth-order valence-corrected chi connectivity index (χ4v) is 4.67. The van der Waals surface area contributed by atoms with Gasteiger partial charge < -0.3 is 4.74 Å². The molecule has 0 aliphatic rings. The molecular formula is C25H25N3O2S. The highest BCUT2D eigenvalue weighted by molar-refractivity contribution is 7.22. The number of thiazole rings is 1. The molecule has 0 atom stereocenters. The molecule has 0 radical (unpaired) electrons. The van der Waals surface area contributed by atoms with Crippen molar-refractivity contribution in [1.82, 2.24) is 9.97 Å². The third kappa shape index (κ3) is 4.44. The quantitative estimate of drug-likeness (QED) is 0.410. The molecule has 6 heteroatoms. The average molecular weight is 432 g/mol. The zero-order valence-electron chi connectivity index (χ0n) is 18.2. The molecule has 0 unspecified atom stereocenters. The SMILES string of the molecule is COc1ccc(C)c2sc(N(Cc3ccccn3)C(=O)Cc3ccc(C)cc3C)nc12. The number of carbonyl (C=O) groups is 1. The van der Waals surface area contributed by atoms with Crippen LogP contribution < -0.4 is 9.64 Å². The number of aromatic nitrogens is 2. The number of amides is 1. The number of anilines is 1.